The number of carbonyl (C=O) groups is 2. The zero-order valence-corrected chi connectivity index (χ0v) is 18.2. The quantitative estimate of drug-likeness (QED) is 0.217. The Labute approximate surface area is 187 Å². The van der Waals surface area contributed by atoms with Gasteiger partial charge < -0.3 is 10.6 Å². The molecular formula is C22H20BrClN4O2. The number of halogens is 2. The van der Waals surface area contributed by atoms with E-state index >= 15 is 0 Å². The van der Waals surface area contributed by atoms with E-state index < -0.39 is 6.03 Å². The summed E-state index contributed by atoms with van der Waals surface area (Å²) in [6.07, 6.45) is 0.485. The number of urea groups is 1. The molecule has 8 heteroatoms. The van der Waals surface area contributed by atoms with E-state index in [1.54, 1.807) is 12.1 Å². The number of hydrogen-bond acceptors (Lipinski definition) is 4. The molecule has 0 spiro atoms. The van der Waals surface area contributed by atoms with Gasteiger partial charge in [0.2, 0.25) is 0 Å². The number of nitrogens with one attached hydrogen (secondary N) is 3. The van der Waals surface area contributed by atoms with Gasteiger partial charge in [-0.2, -0.15) is 0 Å². The molecule has 1 heterocycles. The fourth-order valence-corrected chi connectivity index (χ4v) is 3.37. The van der Waals surface area contributed by atoms with Crippen molar-refractivity contribution in [2.24, 2.45) is 5.84 Å². The van der Waals surface area contributed by atoms with E-state index in [-0.39, 0.29) is 11.8 Å². The third-order valence-corrected chi connectivity index (χ3v) is 5.23. The lowest BCUT2D eigenvalue weighted by atomic mass is 9.92. The van der Waals surface area contributed by atoms with Crippen LogP contribution in [0.25, 0.3) is 0 Å². The van der Waals surface area contributed by atoms with Gasteiger partial charge in [0.15, 0.2) is 5.78 Å². The molecule has 0 aromatic heterocycles. The van der Waals surface area contributed by atoms with Gasteiger partial charge in [0.1, 0.15) is 0 Å². The largest absolute Gasteiger partial charge is 0.377 e. The van der Waals surface area contributed by atoms with E-state index in [9.17, 15) is 9.59 Å². The molecule has 3 aromatic rings. The number of hydrazine groups is 1. The van der Waals surface area contributed by atoms with E-state index in [0.29, 0.717) is 17.1 Å². The monoisotopic (exact) mass is 486 g/mol. The van der Waals surface area contributed by atoms with Gasteiger partial charge in [0.05, 0.1) is 6.04 Å². The Morgan fingerprint density at radius 2 is 1.70 bits per heavy atom. The molecule has 5 N–H and O–H groups in total. The Morgan fingerprint density at radius 1 is 1.03 bits per heavy atom. The number of rotatable bonds is 2. The van der Waals surface area contributed by atoms with Crippen molar-refractivity contribution in [1.82, 2.24) is 5.43 Å². The van der Waals surface area contributed by atoms with Crippen LogP contribution in [0.15, 0.2) is 77.3 Å². The van der Waals surface area contributed by atoms with Gasteiger partial charge in [0.25, 0.3) is 0 Å². The summed E-state index contributed by atoms with van der Waals surface area (Å²) < 4.78 is 0.959. The van der Waals surface area contributed by atoms with E-state index in [0.717, 1.165) is 21.3 Å². The lowest BCUT2D eigenvalue weighted by molar-refractivity contribution is 0.0972. The number of fused-ring (bicyclic) bond motifs is 1. The molecule has 154 valence electrons. The van der Waals surface area contributed by atoms with Gasteiger partial charge in [0, 0.05) is 32.9 Å². The highest BCUT2D eigenvalue weighted by Gasteiger charge is 2.24. The molecule has 3 aromatic carbocycles. The van der Waals surface area contributed by atoms with Crippen LogP contribution in [0.2, 0.25) is 5.02 Å². The summed E-state index contributed by atoms with van der Waals surface area (Å²) in [6.45, 7) is 0. The summed E-state index contributed by atoms with van der Waals surface area (Å²) in [7, 11) is 0. The predicted molar refractivity (Wildman–Crippen MR) is 124 cm³/mol. The van der Waals surface area contributed by atoms with E-state index in [1.165, 1.54) is 0 Å². The molecule has 2 amide bonds. The normalized spacial score (nSPS) is 14.5. The summed E-state index contributed by atoms with van der Waals surface area (Å²) in [5.41, 5.74) is 5.44. The lowest BCUT2D eigenvalue weighted by Crippen LogP contribution is -2.34. The number of carbonyl (C=O) groups excluding carboxylic acids is 2. The molecule has 1 unspecified atom stereocenters. The van der Waals surface area contributed by atoms with Crippen LogP contribution < -0.4 is 21.9 Å². The van der Waals surface area contributed by atoms with Crippen LogP contribution in [0.4, 0.5) is 16.2 Å². The van der Waals surface area contributed by atoms with E-state index in [1.807, 2.05) is 66.1 Å². The van der Waals surface area contributed by atoms with Crippen LogP contribution in [-0.4, -0.2) is 11.8 Å². The van der Waals surface area contributed by atoms with Crippen LogP contribution in [0.5, 0.6) is 0 Å². The van der Waals surface area contributed by atoms with Gasteiger partial charge in [-0.05, 0) is 54.1 Å². The number of Topliss-reactive ketones (excluding diaryl/α,β-unsaturated/α-hetero) is 1. The van der Waals surface area contributed by atoms with Crippen LogP contribution in [0.1, 0.15) is 28.4 Å². The van der Waals surface area contributed by atoms with E-state index in [2.05, 4.69) is 26.6 Å². The summed E-state index contributed by atoms with van der Waals surface area (Å²) in [6, 6.07) is 22.0. The Hall–Kier alpha value is -2.87. The topological polar surface area (TPSA) is 96.2 Å². The molecule has 4 rings (SSSR count). The highest BCUT2D eigenvalue weighted by molar-refractivity contribution is 9.10. The number of nitrogens with two attached hydrogens (primary N) is 1. The fourth-order valence-electron chi connectivity index (χ4n) is 2.98. The Morgan fingerprint density at radius 3 is 2.37 bits per heavy atom. The molecular weight excluding hydrogens is 468 g/mol. The Bertz CT molecular complexity index is 1030. The maximum Gasteiger partial charge on any atom is 0.333 e. The molecule has 0 radical (unpaired) electrons. The molecule has 1 aliphatic heterocycles. The minimum atomic E-state index is -0.433. The van der Waals surface area contributed by atoms with Crippen LogP contribution in [0, 0.1) is 0 Å². The summed E-state index contributed by atoms with van der Waals surface area (Å²) >= 11 is 9.15. The maximum absolute atomic E-state index is 12.1. The van der Waals surface area contributed by atoms with Crippen molar-refractivity contribution < 1.29 is 9.59 Å². The van der Waals surface area contributed by atoms with Gasteiger partial charge >= 0.3 is 6.03 Å². The second-order valence-electron chi connectivity index (χ2n) is 6.53. The number of anilines is 2. The molecule has 30 heavy (non-hydrogen) atoms. The van der Waals surface area contributed by atoms with Crippen LogP contribution >= 0.6 is 27.5 Å². The second kappa shape index (κ2) is 10.2. The third kappa shape index (κ3) is 5.82. The summed E-state index contributed by atoms with van der Waals surface area (Å²) in [4.78, 5) is 22.8. The molecule has 0 fully saturated rings. The second-order valence-corrected chi connectivity index (χ2v) is 7.88. The minimum Gasteiger partial charge on any atom is -0.377 e. The molecule has 6 nitrogen and oxygen atoms in total. The first-order valence-corrected chi connectivity index (χ1v) is 10.3. The van der Waals surface area contributed by atoms with E-state index in [4.69, 9.17) is 17.4 Å². The highest BCUT2D eigenvalue weighted by atomic mass is 79.9. The molecule has 0 aliphatic carbocycles. The fraction of sp³-hybridized carbons (Fsp3) is 0.0909. The first kappa shape index (κ1) is 21.8. The van der Waals surface area contributed by atoms with Gasteiger partial charge in [-0.3, -0.25) is 10.2 Å². The maximum atomic E-state index is 12.1. The smallest absolute Gasteiger partial charge is 0.333 e. The zero-order chi connectivity index (χ0) is 21.5. The molecule has 0 saturated carbocycles. The number of amides is 2. The van der Waals surface area contributed by atoms with Crippen molar-refractivity contribution in [3.05, 3.63) is 93.4 Å². The standard InChI is InChI=1S/C15H12ClNO.C7H8BrN3O/c16-11-7-5-10(6-8-11)14-9-15(18)12-3-1-2-4-13(12)17-14;8-5-1-3-6(4-2-5)10-7(12)11-9/h1-8,14,17H,9H2;1-4H,9H2,(H2,10,11,12). The predicted octanol–water partition coefficient (Wildman–Crippen LogP) is 5.52. The number of para-hydroxylation sites is 1. The van der Waals surface area contributed by atoms with Crippen molar-refractivity contribution in [1.29, 1.82) is 0 Å². The molecule has 1 atom stereocenters. The summed E-state index contributed by atoms with van der Waals surface area (Å²) in [5.74, 6) is 5.06. The van der Waals surface area contributed by atoms with Gasteiger partial charge in [-0.25, -0.2) is 10.6 Å². The zero-order valence-electron chi connectivity index (χ0n) is 15.9. The number of hydrogen-bond donors (Lipinski definition) is 4. The molecule has 0 bridgehead atoms. The number of ketones is 1. The third-order valence-electron chi connectivity index (χ3n) is 4.45. The molecule has 1 aliphatic rings. The summed E-state index contributed by atoms with van der Waals surface area (Å²) in [5, 5.41) is 6.63. The van der Waals surface area contributed by atoms with Gasteiger partial charge in [-0.1, -0.05) is 51.8 Å². The first-order chi connectivity index (χ1) is 14.5. The van der Waals surface area contributed by atoms with Crippen molar-refractivity contribution in [2.45, 2.75) is 12.5 Å². The minimum absolute atomic E-state index is 0.0321. The average Bonchev–Trinajstić information content (AvgIpc) is 2.76. The van der Waals surface area contributed by atoms with Crippen LogP contribution in [0.3, 0.4) is 0 Å². The van der Waals surface area contributed by atoms with Crippen molar-refractivity contribution in [3.8, 4) is 0 Å². The van der Waals surface area contributed by atoms with Crippen molar-refractivity contribution in [2.75, 3.05) is 10.6 Å². The molecule has 0 saturated heterocycles. The lowest BCUT2D eigenvalue weighted by Gasteiger charge is -2.26. The van der Waals surface area contributed by atoms with Crippen molar-refractivity contribution in [3.63, 3.8) is 0 Å². The highest BCUT2D eigenvalue weighted by Crippen LogP contribution is 2.32. The first-order valence-electron chi connectivity index (χ1n) is 9.13. The SMILES string of the molecule is NNC(=O)Nc1ccc(Br)cc1.O=C1CC(c2ccc(Cl)cc2)Nc2ccccc21. The Balaban J connectivity index is 0.000000187. The number of benzene rings is 3. The van der Waals surface area contributed by atoms with Crippen molar-refractivity contribution >= 4 is 50.7 Å². The van der Waals surface area contributed by atoms with Gasteiger partial charge in [-0.15, -0.1) is 0 Å². The van der Waals surface area contributed by atoms with Crippen LogP contribution in [-0.2, 0) is 0 Å². The average molecular weight is 488 g/mol. The Kier molecular flexibility index (Phi) is 7.46.